The lowest BCUT2D eigenvalue weighted by Crippen LogP contribution is -2.41. The van der Waals surface area contributed by atoms with Crippen LogP contribution in [0.4, 0.5) is 0 Å². The van der Waals surface area contributed by atoms with Crippen LogP contribution in [-0.4, -0.2) is 57.2 Å². The Balaban J connectivity index is 2.09. The Kier molecular flexibility index (Phi) is 3.18. The maximum Gasteiger partial charge on any atom is 0.322 e. The van der Waals surface area contributed by atoms with Crippen LogP contribution in [-0.2, 0) is 19.6 Å². The van der Waals surface area contributed by atoms with Gasteiger partial charge in [0, 0.05) is 19.1 Å². The van der Waals surface area contributed by atoms with Crippen molar-refractivity contribution in [2.45, 2.75) is 12.5 Å². The van der Waals surface area contributed by atoms with E-state index in [1.165, 1.54) is 11.4 Å². The smallest absolute Gasteiger partial charge is 0.322 e. The van der Waals surface area contributed by atoms with Crippen molar-refractivity contribution in [3.63, 3.8) is 0 Å². The van der Waals surface area contributed by atoms with Gasteiger partial charge in [-0.05, 0) is 18.9 Å². The van der Waals surface area contributed by atoms with Crippen LogP contribution in [0.1, 0.15) is 6.42 Å². The van der Waals surface area contributed by atoms with Crippen molar-refractivity contribution in [1.29, 1.82) is 0 Å². The molecule has 0 aliphatic carbocycles. The topological polar surface area (TPSA) is 75.7 Å². The highest BCUT2D eigenvalue weighted by Gasteiger charge is 2.43. The van der Waals surface area contributed by atoms with Crippen molar-refractivity contribution < 1.29 is 17.9 Å². The third kappa shape index (κ3) is 2.07. The fourth-order valence-corrected chi connectivity index (χ4v) is 4.07. The summed E-state index contributed by atoms with van der Waals surface area (Å²) in [5.74, 6) is -0.853. The first-order chi connectivity index (χ1) is 7.54. The van der Waals surface area contributed by atoms with Crippen LogP contribution in [0.25, 0.3) is 0 Å². The van der Waals surface area contributed by atoms with E-state index in [0.717, 1.165) is 13.0 Å². The van der Waals surface area contributed by atoms with E-state index in [9.17, 15) is 13.2 Å². The van der Waals surface area contributed by atoms with Crippen molar-refractivity contribution >= 4 is 16.0 Å². The number of hydrogen-bond acceptors (Lipinski definition) is 5. The summed E-state index contributed by atoms with van der Waals surface area (Å²) in [5, 5.41) is 3.17. The average molecular weight is 248 g/mol. The van der Waals surface area contributed by atoms with Crippen molar-refractivity contribution in [2.24, 2.45) is 5.92 Å². The van der Waals surface area contributed by atoms with Gasteiger partial charge in [0.1, 0.15) is 0 Å². The molecule has 16 heavy (non-hydrogen) atoms. The summed E-state index contributed by atoms with van der Waals surface area (Å²) in [7, 11) is -2.31. The van der Waals surface area contributed by atoms with Crippen molar-refractivity contribution in [3.05, 3.63) is 0 Å². The number of nitrogens with zero attached hydrogens (tertiary/aromatic N) is 1. The largest absolute Gasteiger partial charge is 0.468 e. The van der Waals surface area contributed by atoms with E-state index in [2.05, 4.69) is 10.1 Å². The Morgan fingerprint density at radius 2 is 2.25 bits per heavy atom. The Labute approximate surface area is 95.0 Å². The fourth-order valence-electron chi connectivity index (χ4n) is 2.45. The summed E-state index contributed by atoms with van der Waals surface area (Å²) >= 11 is 0. The van der Waals surface area contributed by atoms with Crippen LogP contribution >= 0.6 is 0 Å². The minimum Gasteiger partial charge on any atom is -0.468 e. The molecule has 0 radical (unpaired) electrons. The van der Waals surface area contributed by atoms with Gasteiger partial charge in [-0.2, -0.15) is 4.31 Å². The Bertz CT molecular complexity index is 381. The van der Waals surface area contributed by atoms with Crippen LogP contribution in [0.5, 0.6) is 0 Å². The highest BCUT2D eigenvalue weighted by Crippen LogP contribution is 2.29. The molecule has 92 valence electrons. The molecule has 2 rings (SSSR count). The van der Waals surface area contributed by atoms with Gasteiger partial charge >= 0.3 is 5.97 Å². The molecule has 2 aliphatic rings. The molecule has 0 unspecified atom stereocenters. The summed E-state index contributed by atoms with van der Waals surface area (Å²) in [4.78, 5) is 11.0. The van der Waals surface area contributed by atoms with Crippen molar-refractivity contribution in [3.8, 4) is 0 Å². The van der Waals surface area contributed by atoms with E-state index in [0.29, 0.717) is 19.0 Å². The van der Waals surface area contributed by atoms with Gasteiger partial charge in [-0.15, -0.1) is 0 Å². The van der Waals surface area contributed by atoms with Gasteiger partial charge in [0.25, 0.3) is 0 Å². The maximum atomic E-state index is 11.9. The maximum absolute atomic E-state index is 11.9. The van der Waals surface area contributed by atoms with Crippen molar-refractivity contribution in [1.82, 2.24) is 9.62 Å². The van der Waals surface area contributed by atoms with E-state index >= 15 is 0 Å². The van der Waals surface area contributed by atoms with Gasteiger partial charge in [-0.3, -0.25) is 4.79 Å². The van der Waals surface area contributed by atoms with E-state index in [1.807, 2.05) is 0 Å². The average Bonchev–Trinajstić information content (AvgIpc) is 2.76. The number of nitrogens with one attached hydrogen (secondary N) is 1. The normalized spacial score (nSPS) is 30.3. The van der Waals surface area contributed by atoms with Crippen LogP contribution in [0, 0.1) is 5.92 Å². The Morgan fingerprint density at radius 1 is 1.50 bits per heavy atom. The van der Waals surface area contributed by atoms with Gasteiger partial charge < -0.3 is 10.1 Å². The van der Waals surface area contributed by atoms with Crippen molar-refractivity contribution in [2.75, 3.05) is 32.5 Å². The predicted molar refractivity (Wildman–Crippen MR) is 57.3 cm³/mol. The minimum absolute atomic E-state index is 0.0228. The van der Waals surface area contributed by atoms with E-state index in [4.69, 9.17) is 0 Å². The van der Waals surface area contributed by atoms with E-state index < -0.39 is 21.7 Å². The van der Waals surface area contributed by atoms with Gasteiger partial charge in [0.15, 0.2) is 5.75 Å². The third-order valence-electron chi connectivity index (χ3n) is 3.28. The van der Waals surface area contributed by atoms with Gasteiger partial charge in [-0.1, -0.05) is 0 Å². The number of ether oxygens (including phenoxy) is 1. The quantitative estimate of drug-likeness (QED) is 0.634. The SMILES string of the molecule is COC(=O)CS(=O)(=O)N1CC[C@H]2CNC[C@H]21. The molecule has 6 nitrogen and oxygen atoms in total. The lowest BCUT2D eigenvalue weighted by atomic mass is 10.1. The second kappa shape index (κ2) is 4.31. The zero-order valence-corrected chi connectivity index (χ0v) is 10.00. The molecule has 2 fully saturated rings. The second-order valence-electron chi connectivity index (χ2n) is 4.22. The molecule has 2 atom stereocenters. The summed E-state index contributed by atoms with van der Waals surface area (Å²) < 4.78 is 29.7. The van der Waals surface area contributed by atoms with Crippen LogP contribution < -0.4 is 5.32 Å². The molecule has 0 spiro atoms. The number of methoxy groups -OCH3 is 1. The van der Waals surface area contributed by atoms with Crippen LogP contribution in [0.15, 0.2) is 0 Å². The molecular formula is C9H16N2O4S. The number of carbonyl (C=O) groups is 1. The summed E-state index contributed by atoms with van der Waals surface area (Å²) in [6.45, 7) is 2.08. The molecule has 0 aromatic carbocycles. The number of rotatable bonds is 3. The number of sulfonamides is 1. The first kappa shape index (κ1) is 11.8. The lowest BCUT2D eigenvalue weighted by molar-refractivity contribution is -0.137. The van der Waals surface area contributed by atoms with Crippen LogP contribution in [0.3, 0.4) is 0 Å². The van der Waals surface area contributed by atoms with Gasteiger partial charge in [0.05, 0.1) is 7.11 Å². The molecule has 1 N–H and O–H groups in total. The number of fused-ring (bicyclic) bond motifs is 1. The first-order valence-corrected chi connectivity index (χ1v) is 6.92. The summed E-state index contributed by atoms with van der Waals surface area (Å²) in [5.41, 5.74) is 0. The first-order valence-electron chi connectivity index (χ1n) is 5.31. The lowest BCUT2D eigenvalue weighted by Gasteiger charge is -2.21. The Morgan fingerprint density at radius 3 is 2.94 bits per heavy atom. The molecule has 2 saturated heterocycles. The Hall–Kier alpha value is -0.660. The molecule has 7 heteroatoms. The van der Waals surface area contributed by atoms with Crippen LogP contribution in [0.2, 0.25) is 0 Å². The molecule has 0 amide bonds. The molecule has 0 bridgehead atoms. The zero-order valence-electron chi connectivity index (χ0n) is 9.18. The fraction of sp³-hybridized carbons (Fsp3) is 0.889. The predicted octanol–water partition coefficient (Wildman–Crippen LogP) is -1.22. The second-order valence-corrected chi connectivity index (χ2v) is 6.14. The highest BCUT2D eigenvalue weighted by molar-refractivity contribution is 7.89. The monoisotopic (exact) mass is 248 g/mol. The molecule has 0 aromatic rings. The van der Waals surface area contributed by atoms with E-state index in [-0.39, 0.29) is 6.04 Å². The highest BCUT2D eigenvalue weighted by atomic mass is 32.2. The molecule has 2 aliphatic heterocycles. The third-order valence-corrected chi connectivity index (χ3v) is 5.05. The summed E-state index contributed by atoms with van der Waals surface area (Å²) in [6, 6.07) is 0.0228. The number of esters is 1. The zero-order chi connectivity index (χ0) is 11.8. The molecular weight excluding hydrogens is 232 g/mol. The van der Waals surface area contributed by atoms with Gasteiger partial charge in [0.2, 0.25) is 10.0 Å². The minimum atomic E-state index is -3.51. The number of hydrogen-bond donors (Lipinski definition) is 1. The standard InChI is InChI=1S/C9H16N2O4S/c1-15-9(12)6-16(13,14)11-3-2-7-4-10-5-8(7)11/h7-8,10H,2-6H2,1H3/t7-,8+/m0/s1. The summed E-state index contributed by atoms with van der Waals surface area (Å²) in [6.07, 6.45) is 0.873. The van der Waals surface area contributed by atoms with Gasteiger partial charge in [-0.25, -0.2) is 8.42 Å². The molecule has 0 aromatic heterocycles. The number of carbonyl (C=O) groups excluding carboxylic acids is 1. The molecule has 0 saturated carbocycles. The molecule has 2 heterocycles. The van der Waals surface area contributed by atoms with E-state index in [1.54, 1.807) is 0 Å².